The summed E-state index contributed by atoms with van der Waals surface area (Å²) in [7, 11) is 0. The zero-order chi connectivity index (χ0) is 14.8. The van der Waals surface area contributed by atoms with E-state index in [-0.39, 0.29) is 23.5 Å². The Morgan fingerprint density at radius 3 is 2.40 bits per heavy atom. The second-order valence-corrected chi connectivity index (χ2v) is 6.42. The Kier molecular flexibility index (Phi) is 4.48. The summed E-state index contributed by atoms with van der Waals surface area (Å²) in [5, 5.41) is 3.48. The monoisotopic (exact) mass is 274 g/mol. The first-order chi connectivity index (χ1) is 9.48. The molecule has 1 amide bonds. The van der Waals surface area contributed by atoms with E-state index in [0.29, 0.717) is 0 Å². The largest absolute Gasteiger partial charge is 0.321 e. The molecule has 1 aromatic rings. The van der Waals surface area contributed by atoms with Gasteiger partial charge < -0.3 is 4.90 Å². The molecule has 2 atom stereocenters. The number of nitrogens with one attached hydrogen (secondary N) is 1. The minimum atomic E-state index is -0.0483. The molecule has 1 saturated heterocycles. The Labute approximate surface area is 122 Å². The van der Waals surface area contributed by atoms with Crippen molar-refractivity contribution in [1.29, 1.82) is 0 Å². The van der Waals surface area contributed by atoms with Crippen molar-refractivity contribution in [3.63, 3.8) is 0 Å². The van der Waals surface area contributed by atoms with E-state index in [2.05, 4.69) is 45.1 Å². The lowest BCUT2D eigenvalue weighted by Crippen LogP contribution is -2.38. The summed E-state index contributed by atoms with van der Waals surface area (Å²) in [6.45, 7) is 9.49. The van der Waals surface area contributed by atoms with Crippen LogP contribution in [0, 0.1) is 5.41 Å². The van der Waals surface area contributed by atoms with Gasteiger partial charge in [-0.2, -0.15) is 0 Å². The highest BCUT2D eigenvalue weighted by Gasteiger charge is 2.40. The van der Waals surface area contributed by atoms with Gasteiger partial charge in [0, 0.05) is 6.54 Å². The molecule has 3 heteroatoms. The van der Waals surface area contributed by atoms with Gasteiger partial charge in [0.15, 0.2) is 0 Å². The molecule has 0 saturated carbocycles. The topological polar surface area (TPSA) is 32.3 Å². The van der Waals surface area contributed by atoms with E-state index in [4.69, 9.17) is 0 Å². The van der Waals surface area contributed by atoms with Crippen LogP contribution in [0.1, 0.15) is 52.3 Å². The third kappa shape index (κ3) is 3.04. The molecular formula is C17H26N2O. The average molecular weight is 274 g/mol. The van der Waals surface area contributed by atoms with Crippen LogP contribution >= 0.6 is 0 Å². The van der Waals surface area contributed by atoms with E-state index in [9.17, 15) is 4.79 Å². The number of amides is 1. The van der Waals surface area contributed by atoms with Crippen molar-refractivity contribution in [2.24, 2.45) is 5.41 Å². The van der Waals surface area contributed by atoms with E-state index < -0.39 is 0 Å². The first kappa shape index (κ1) is 15.0. The van der Waals surface area contributed by atoms with Crippen molar-refractivity contribution in [2.75, 3.05) is 6.54 Å². The normalized spacial score (nSPS) is 23.4. The van der Waals surface area contributed by atoms with Crippen LogP contribution in [0.2, 0.25) is 0 Å². The van der Waals surface area contributed by atoms with Gasteiger partial charge in [-0.25, -0.2) is 0 Å². The fourth-order valence-electron chi connectivity index (χ4n) is 2.63. The summed E-state index contributed by atoms with van der Waals surface area (Å²) in [4.78, 5) is 14.6. The maximum atomic E-state index is 12.6. The van der Waals surface area contributed by atoms with Gasteiger partial charge in [-0.05, 0) is 23.8 Å². The molecule has 2 rings (SSSR count). The quantitative estimate of drug-likeness (QED) is 0.893. The smallest absolute Gasteiger partial charge is 0.241 e. The molecule has 110 valence electrons. The predicted octanol–water partition coefficient (Wildman–Crippen LogP) is 3.33. The highest BCUT2D eigenvalue weighted by Crippen LogP contribution is 2.31. The van der Waals surface area contributed by atoms with Crippen molar-refractivity contribution in [2.45, 2.75) is 52.7 Å². The SMILES string of the molecule is CCC1NC(c2ccccc2)N(CC(C)(C)CC)C1=O. The Hall–Kier alpha value is -1.35. The number of carbonyl (C=O) groups excluding carboxylic acids is 1. The standard InChI is InChI=1S/C17H26N2O/c1-5-14-16(20)19(12-17(3,4)6-2)15(18-14)13-10-8-7-9-11-13/h7-11,14-15,18H,5-6,12H2,1-4H3. The highest BCUT2D eigenvalue weighted by molar-refractivity contribution is 5.84. The summed E-state index contributed by atoms with van der Waals surface area (Å²) in [5.74, 6) is 0.239. The molecule has 2 unspecified atom stereocenters. The van der Waals surface area contributed by atoms with E-state index >= 15 is 0 Å². The second-order valence-electron chi connectivity index (χ2n) is 6.42. The van der Waals surface area contributed by atoms with Crippen molar-refractivity contribution >= 4 is 5.91 Å². The van der Waals surface area contributed by atoms with Gasteiger partial charge >= 0.3 is 0 Å². The Morgan fingerprint density at radius 1 is 1.20 bits per heavy atom. The number of carbonyl (C=O) groups is 1. The molecule has 0 bridgehead atoms. The van der Waals surface area contributed by atoms with Crippen LogP contribution < -0.4 is 5.32 Å². The summed E-state index contributed by atoms with van der Waals surface area (Å²) in [6, 6.07) is 10.2. The number of hydrogen-bond acceptors (Lipinski definition) is 2. The van der Waals surface area contributed by atoms with Crippen LogP contribution in [0.3, 0.4) is 0 Å². The Bertz CT molecular complexity index is 455. The lowest BCUT2D eigenvalue weighted by molar-refractivity contribution is -0.131. The van der Waals surface area contributed by atoms with Crippen LogP contribution in [0.25, 0.3) is 0 Å². The molecule has 1 aromatic carbocycles. The van der Waals surface area contributed by atoms with E-state index in [1.807, 2.05) is 23.1 Å². The zero-order valence-electron chi connectivity index (χ0n) is 13.0. The van der Waals surface area contributed by atoms with Crippen molar-refractivity contribution in [3.05, 3.63) is 35.9 Å². The third-order valence-electron chi connectivity index (χ3n) is 4.33. The van der Waals surface area contributed by atoms with Crippen LogP contribution in [0.4, 0.5) is 0 Å². The van der Waals surface area contributed by atoms with Gasteiger partial charge in [0.25, 0.3) is 0 Å². The minimum Gasteiger partial charge on any atom is -0.321 e. The van der Waals surface area contributed by atoms with Crippen LogP contribution in [-0.4, -0.2) is 23.4 Å². The van der Waals surface area contributed by atoms with Crippen LogP contribution in [-0.2, 0) is 4.79 Å². The Balaban J connectivity index is 2.26. The number of rotatable bonds is 5. The van der Waals surface area contributed by atoms with Crippen molar-refractivity contribution < 1.29 is 4.79 Å². The van der Waals surface area contributed by atoms with Crippen LogP contribution in [0.5, 0.6) is 0 Å². The average Bonchev–Trinajstić information content (AvgIpc) is 2.76. The number of benzene rings is 1. The van der Waals surface area contributed by atoms with Gasteiger partial charge in [-0.1, -0.05) is 58.0 Å². The lowest BCUT2D eigenvalue weighted by Gasteiger charge is -2.33. The molecule has 0 radical (unpaired) electrons. The maximum Gasteiger partial charge on any atom is 0.241 e. The van der Waals surface area contributed by atoms with Gasteiger partial charge in [0.1, 0.15) is 6.17 Å². The summed E-state index contributed by atoms with van der Waals surface area (Å²) < 4.78 is 0. The molecule has 1 aliphatic rings. The summed E-state index contributed by atoms with van der Waals surface area (Å²) in [6.07, 6.45) is 1.92. The second kappa shape index (κ2) is 5.96. The molecule has 0 spiro atoms. The molecule has 1 N–H and O–H groups in total. The minimum absolute atomic E-state index is 0.0134. The molecule has 1 aliphatic heterocycles. The third-order valence-corrected chi connectivity index (χ3v) is 4.33. The van der Waals surface area contributed by atoms with Gasteiger partial charge in [0.05, 0.1) is 6.04 Å². The lowest BCUT2D eigenvalue weighted by atomic mass is 9.89. The maximum absolute atomic E-state index is 12.6. The number of nitrogens with zero attached hydrogens (tertiary/aromatic N) is 1. The molecular weight excluding hydrogens is 248 g/mol. The first-order valence-corrected chi connectivity index (χ1v) is 7.60. The van der Waals surface area contributed by atoms with Crippen molar-refractivity contribution in [1.82, 2.24) is 10.2 Å². The summed E-state index contributed by atoms with van der Waals surface area (Å²) >= 11 is 0. The van der Waals surface area contributed by atoms with E-state index in [1.54, 1.807) is 0 Å². The van der Waals surface area contributed by atoms with Crippen molar-refractivity contribution in [3.8, 4) is 0 Å². The van der Waals surface area contributed by atoms with Gasteiger partial charge in [0.2, 0.25) is 5.91 Å². The van der Waals surface area contributed by atoms with Gasteiger partial charge in [-0.3, -0.25) is 10.1 Å². The van der Waals surface area contributed by atoms with Gasteiger partial charge in [-0.15, -0.1) is 0 Å². The van der Waals surface area contributed by atoms with Crippen LogP contribution in [0.15, 0.2) is 30.3 Å². The molecule has 3 nitrogen and oxygen atoms in total. The zero-order valence-corrected chi connectivity index (χ0v) is 13.0. The van der Waals surface area contributed by atoms with E-state index in [1.165, 1.54) is 5.56 Å². The predicted molar refractivity (Wildman–Crippen MR) is 82.2 cm³/mol. The fraction of sp³-hybridized carbons (Fsp3) is 0.588. The Morgan fingerprint density at radius 2 is 1.85 bits per heavy atom. The molecule has 0 aromatic heterocycles. The van der Waals surface area contributed by atoms with E-state index in [0.717, 1.165) is 19.4 Å². The first-order valence-electron chi connectivity index (χ1n) is 7.60. The molecule has 0 aliphatic carbocycles. The number of hydrogen-bond donors (Lipinski definition) is 1. The molecule has 1 fully saturated rings. The molecule has 1 heterocycles. The molecule has 20 heavy (non-hydrogen) atoms. The summed E-state index contributed by atoms with van der Waals surface area (Å²) in [5.41, 5.74) is 1.32. The highest BCUT2D eigenvalue weighted by atomic mass is 16.2. The fourth-order valence-corrected chi connectivity index (χ4v) is 2.63.